The van der Waals surface area contributed by atoms with E-state index in [0.29, 0.717) is 29.9 Å². The SMILES string of the molecule is CCOC(=O)C1CSCCN1C(=O)CSC1CCNCC1. The van der Waals surface area contributed by atoms with Gasteiger partial charge in [0.1, 0.15) is 6.04 Å². The molecule has 120 valence electrons. The van der Waals surface area contributed by atoms with E-state index >= 15 is 0 Å². The number of nitrogens with one attached hydrogen (secondary N) is 1. The van der Waals surface area contributed by atoms with Crippen LogP contribution in [0.2, 0.25) is 0 Å². The van der Waals surface area contributed by atoms with Crippen LogP contribution in [-0.4, -0.2) is 71.6 Å². The van der Waals surface area contributed by atoms with Gasteiger partial charge < -0.3 is 15.0 Å². The molecule has 0 radical (unpaired) electrons. The second-order valence-electron chi connectivity index (χ2n) is 5.19. The smallest absolute Gasteiger partial charge is 0.329 e. The van der Waals surface area contributed by atoms with Gasteiger partial charge in [-0.15, -0.1) is 11.8 Å². The minimum absolute atomic E-state index is 0.0804. The number of carbonyl (C=O) groups excluding carboxylic acids is 2. The van der Waals surface area contributed by atoms with Gasteiger partial charge in [-0.3, -0.25) is 4.79 Å². The number of thioether (sulfide) groups is 2. The summed E-state index contributed by atoms with van der Waals surface area (Å²) in [5.41, 5.74) is 0. The number of hydrogen-bond donors (Lipinski definition) is 1. The van der Waals surface area contributed by atoms with Crippen molar-refractivity contribution in [2.75, 3.05) is 43.5 Å². The zero-order valence-electron chi connectivity index (χ0n) is 12.5. The third kappa shape index (κ3) is 5.07. The van der Waals surface area contributed by atoms with E-state index in [9.17, 15) is 9.59 Å². The summed E-state index contributed by atoms with van der Waals surface area (Å²) >= 11 is 3.45. The molecule has 0 spiro atoms. The first-order chi connectivity index (χ1) is 10.2. The first-order valence-electron chi connectivity index (χ1n) is 7.58. The molecule has 2 fully saturated rings. The minimum Gasteiger partial charge on any atom is -0.464 e. The molecule has 0 aromatic rings. The van der Waals surface area contributed by atoms with Crippen LogP contribution in [0, 0.1) is 0 Å². The number of esters is 1. The summed E-state index contributed by atoms with van der Waals surface area (Å²) in [5, 5.41) is 3.89. The average molecular weight is 332 g/mol. The van der Waals surface area contributed by atoms with Crippen molar-refractivity contribution in [2.24, 2.45) is 0 Å². The molecule has 1 N–H and O–H groups in total. The predicted octanol–water partition coefficient (Wildman–Crippen LogP) is 0.979. The fraction of sp³-hybridized carbons (Fsp3) is 0.857. The van der Waals surface area contributed by atoms with E-state index in [1.807, 2.05) is 0 Å². The number of hydrogen-bond acceptors (Lipinski definition) is 6. The molecule has 0 bridgehead atoms. The van der Waals surface area contributed by atoms with Crippen LogP contribution in [0.25, 0.3) is 0 Å². The van der Waals surface area contributed by atoms with E-state index in [-0.39, 0.29) is 11.9 Å². The third-order valence-electron chi connectivity index (χ3n) is 3.74. The van der Waals surface area contributed by atoms with E-state index in [1.165, 1.54) is 0 Å². The van der Waals surface area contributed by atoms with E-state index in [4.69, 9.17) is 4.74 Å². The Labute approximate surface area is 134 Å². The molecule has 0 saturated carbocycles. The monoisotopic (exact) mass is 332 g/mol. The van der Waals surface area contributed by atoms with E-state index in [1.54, 1.807) is 35.3 Å². The lowest BCUT2D eigenvalue weighted by Crippen LogP contribution is -2.51. The average Bonchev–Trinajstić information content (AvgIpc) is 2.54. The van der Waals surface area contributed by atoms with E-state index < -0.39 is 6.04 Å². The molecule has 1 unspecified atom stereocenters. The zero-order valence-corrected chi connectivity index (χ0v) is 14.1. The quantitative estimate of drug-likeness (QED) is 0.758. The molecule has 1 amide bonds. The fourth-order valence-electron chi connectivity index (χ4n) is 2.57. The van der Waals surface area contributed by atoms with Gasteiger partial charge in [-0.2, -0.15) is 11.8 Å². The van der Waals surface area contributed by atoms with Crippen LogP contribution >= 0.6 is 23.5 Å². The lowest BCUT2D eigenvalue weighted by Gasteiger charge is -2.34. The molecule has 2 rings (SSSR count). The second kappa shape index (κ2) is 8.90. The van der Waals surface area contributed by atoms with Gasteiger partial charge in [-0.05, 0) is 32.9 Å². The Balaban J connectivity index is 1.84. The normalized spacial score (nSPS) is 23.9. The zero-order chi connectivity index (χ0) is 15.1. The van der Waals surface area contributed by atoms with Crippen LogP contribution < -0.4 is 5.32 Å². The molecule has 5 nitrogen and oxygen atoms in total. The Kier molecular flexibility index (Phi) is 7.19. The molecule has 0 aromatic heterocycles. The molecular formula is C14H24N2O3S2. The summed E-state index contributed by atoms with van der Waals surface area (Å²) in [5.74, 6) is 1.86. The maximum absolute atomic E-state index is 12.4. The number of nitrogens with zero attached hydrogens (tertiary/aromatic N) is 1. The van der Waals surface area contributed by atoms with Crippen molar-refractivity contribution in [2.45, 2.75) is 31.1 Å². The Morgan fingerprint density at radius 2 is 2.14 bits per heavy atom. The highest BCUT2D eigenvalue weighted by molar-refractivity contribution is 8.00. The Hall–Kier alpha value is -0.400. The van der Waals surface area contributed by atoms with Gasteiger partial charge in [0.15, 0.2) is 0 Å². The Bertz CT molecular complexity index is 362. The van der Waals surface area contributed by atoms with Gasteiger partial charge in [-0.1, -0.05) is 0 Å². The van der Waals surface area contributed by atoms with Crippen LogP contribution in [0.1, 0.15) is 19.8 Å². The van der Waals surface area contributed by atoms with Gasteiger partial charge in [-0.25, -0.2) is 4.79 Å². The van der Waals surface area contributed by atoms with Gasteiger partial charge >= 0.3 is 5.97 Å². The largest absolute Gasteiger partial charge is 0.464 e. The van der Waals surface area contributed by atoms with Gasteiger partial charge in [0.05, 0.1) is 12.4 Å². The third-order valence-corrected chi connectivity index (χ3v) is 6.12. The Morgan fingerprint density at radius 3 is 2.86 bits per heavy atom. The minimum atomic E-state index is -0.398. The molecule has 2 aliphatic rings. The number of ether oxygens (including phenoxy) is 1. The molecular weight excluding hydrogens is 308 g/mol. The molecule has 2 saturated heterocycles. The van der Waals surface area contributed by atoms with Crippen molar-refractivity contribution >= 4 is 35.4 Å². The number of amides is 1. The lowest BCUT2D eigenvalue weighted by atomic mass is 10.2. The lowest BCUT2D eigenvalue weighted by molar-refractivity contribution is -0.153. The molecule has 1 atom stereocenters. The van der Waals surface area contributed by atoms with Crippen molar-refractivity contribution in [3.8, 4) is 0 Å². The van der Waals surface area contributed by atoms with Crippen LogP contribution in [0.15, 0.2) is 0 Å². The van der Waals surface area contributed by atoms with Crippen LogP contribution in [0.4, 0.5) is 0 Å². The topological polar surface area (TPSA) is 58.6 Å². The second-order valence-corrected chi connectivity index (χ2v) is 7.63. The number of rotatable bonds is 5. The van der Waals surface area contributed by atoms with Gasteiger partial charge in [0.2, 0.25) is 5.91 Å². The van der Waals surface area contributed by atoms with E-state index in [2.05, 4.69) is 5.32 Å². The summed E-state index contributed by atoms with van der Waals surface area (Å²) < 4.78 is 5.10. The number of piperidine rings is 1. The fourth-order valence-corrected chi connectivity index (χ4v) is 4.71. The molecule has 2 heterocycles. The summed E-state index contributed by atoms with van der Waals surface area (Å²) in [7, 11) is 0. The maximum atomic E-state index is 12.4. The van der Waals surface area contributed by atoms with Gasteiger partial charge in [0, 0.05) is 23.3 Å². The molecule has 0 aromatic carbocycles. The van der Waals surface area contributed by atoms with Crippen LogP contribution in [-0.2, 0) is 14.3 Å². The van der Waals surface area contributed by atoms with Crippen molar-refractivity contribution < 1.29 is 14.3 Å². The summed E-state index contributed by atoms with van der Waals surface area (Å²) in [6, 6.07) is -0.398. The van der Waals surface area contributed by atoms with Crippen molar-refractivity contribution in [1.29, 1.82) is 0 Å². The highest BCUT2D eigenvalue weighted by Gasteiger charge is 2.33. The predicted molar refractivity (Wildman–Crippen MR) is 87.8 cm³/mol. The van der Waals surface area contributed by atoms with Crippen molar-refractivity contribution in [1.82, 2.24) is 10.2 Å². The highest BCUT2D eigenvalue weighted by Crippen LogP contribution is 2.23. The molecule has 2 aliphatic heterocycles. The Morgan fingerprint density at radius 1 is 1.38 bits per heavy atom. The number of carbonyl (C=O) groups is 2. The van der Waals surface area contributed by atoms with Gasteiger partial charge in [0.25, 0.3) is 0 Å². The van der Waals surface area contributed by atoms with Crippen LogP contribution in [0.3, 0.4) is 0 Å². The summed E-state index contributed by atoms with van der Waals surface area (Å²) in [4.78, 5) is 26.1. The maximum Gasteiger partial charge on any atom is 0.329 e. The van der Waals surface area contributed by atoms with E-state index in [0.717, 1.165) is 31.7 Å². The van der Waals surface area contributed by atoms with Crippen LogP contribution in [0.5, 0.6) is 0 Å². The first-order valence-corrected chi connectivity index (χ1v) is 9.79. The van der Waals surface area contributed by atoms with Crippen molar-refractivity contribution in [3.05, 3.63) is 0 Å². The first kappa shape index (κ1) is 17.0. The summed E-state index contributed by atoms with van der Waals surface area (Å²) in [6.07, 6.45) is 2.24. The molecule has 7 heteroatoms. The standard InChI is InChI=1S/C14H24N2O3S2/c1-2-19-14(18)12-9-20-8-7-16(12)13(17)10-21-11-3-5-15-6-4-11/h11-12,15H,2-10H2,1H3. The van der Waals surface area contributed by atoms with Crippen molar-refractivity contribution in [3.63, 3.8) is 0 Å². The molecule has 0 aliphatic carbocycles. The molecule has 21 heavy (non-hydrogen) atoms. The summed E-state index contributed by atoms with van der Waals surface area (Å²) in [6.45, 7) is 4.90. The highest BCUT2D eigenvalue weighted by atomic mass is 32.2.